The van der Waals surface area contributed by atoms with Crippen LogP contribution in [0.15, 0.2) is 35.2 Å². The fourth-order valence-electron chi connectivity index (χ4n) is 3.03. The molecule has 1 fully saturated rings. The van der Waals surface area contributed by atoms with Crippen molar-refractivity contribution in [1.29, 1.82) is 0 Å². The van der Waals surface area contributed by atoms with Gasteiger partial charge in [0.05, 0.1) is 4.90 Å². The van der Waals surface area contributed by atoms with Crippen LogP contribution < -0.4 is 9.62 Å². The smallest absolute Gasteiger partial charge is 0.263 e. The number of nitrogens with zero attached hydrogens (tertiary/aromatic N) is 4. The van der Waals surface area contributed by atoms with Crippen LogP contribution in [0.5, 0.6) is 0 Å². The van der Waals surface area contributed by atoms with Crippen molar-refractivity contribution in [2.24, 2.45) is 0 Å². The maximum absolute atomic E-state index is 12.6. The zero-order valence-electron chi connectivity index (χ0n) is 15.4. The molecular formula is C18H25N5O2S. The second-order valence-electron chi connectivity index (χ2n) is 6.57. The largest absolute Gasteiger partial charge is 0.353 e. The van der Waals surface area contributed by atoms with Crippen molar-refractivity contribution in [3.8, 4) is 0 Å². The lowest BCUT2D eigenvalue weighted by atomic mass is 10.2. The molecule has 0 radical (unpaired) electrons. The first-order valence-corrected chi connectivity index (χ1v) is 10.3. The van der Waals surface area contributed by atoms with Gasteiger partial charge in [-0.25, -0.2) is 8.42 Å². The predicted molar refractivity (Wildman–Crippen MR) is 103 cm³/mol. The van der Waals surface area contributed by atoms with Gasteiger partial charge in [-0.2, -0.15) is 0 Å². The number of hydrogen-bond donors (Lipinski definition) is 1. The molecule has 1 aromatic heterocycles. The molecule has 0 unspecified atom stereocenters. The predicted octanol–water partition coefficient (Wildman–Crippen LogP) is 2.04. The van der Waals surface area contributed by atoms with E-state index in [1.165, 1.54) is 0 Å². The average Bonchev–Trinajstić information content (AvgIpc) is 2.64. The molecule has 0 bridgehead atoms. The molecule has 0 aliphatic carbocycles. The third-order valence-electron chi connectivity index (χ3n) is 4.67. The van der Waals surface area contributed by atoms with Gasteiger partial charge in [0.15, 0.2) is 11.6 Å². The molecule has 0 atom stereocenters. The normalized spacial score (nSPS) is 15.9. The summed E-state index contributed by atoms with van der Waals surface area (Å²) >= 11 is 0. The van der Waals surface area contributed by atoms with E-state index in [1.54, 1.807) is 25.1 Å². The molecule has 0 saturated carbocycles. The van der Waals surface area contributed by atoms with E-state index < -0.39 is 10.0 Å². The molecule has 1 saturated heterocycles. The number of hydrogen-bond acceptors (Lipinski definition) is 6. The lowest BCUT2D eigenvalue weighted by molar-refractivity contribution is 0.270. The molecule has 2 aromatic rings. The Balaban J connectivity index is 1.72. The Hall–Kier alpha value is -2.19. The third-order valence-corrected chi connectivity index (χ3v) is 6.16. The van der Waals surface area contributed by atoms with Crippen LogP contribution in [0.25, 0.3) is 0 Å². The van der Waals surface area contributed by atoms with Gasteiger partial charge in [-0.05, 0) is 49.7 Å². The molecule has 0 amide bonds. The van der Waals surface area contributed by atoms with Gasteiger partial charge in [-0.3, -0.25) is 4.72 Å². The van der Waals surface area contributed by atoms with E-state index in [1.807, 2.05) is 19.1 Å². The molecule has 8 heteroatoms. The van der Waals surface area contributed by atoms with Crippen LogP contribution in [-0.4, -0.2) is 56.2 Å². The average molecular weight is 375 g/mol. The zero-order chi connectivity index (χ0) is 18.7. The van der Waals surface area contributed by atoms with Crippen LogP contribution in [0.1, 0.15) is 18.1 Å². The molecular weight excluding hydrogens is 350 g/mol. The summed E-state index contributed by atoms with van der Waals surface area (Å²) in [5.41, 5.74) is 1.59. The molecule has 0 spiro atoms. The Morgan fingerprint density at radius 3 is 2.38 bits per heavy atom. The number of anilines is 2. The highest BCUT2D eigenvalue weighted by Gasteiger charge is 2.20. The summed E-state index contributed by atoms with van der Waals surface area (Å²) in [5.74, 6) is 0.997. The van der Waals surface area contributed by atoms with Crippen molar-refractivity contribution < 1.29 is 8.42 Å². The van der Waals surface area contributed by atoms with Crippen LogP contribution in [-0.2, 0) is 10.0 Å². The summed E-state index contributed by atoms with van der Waals surface area (Å²) in [6, 6.07) is 8.83. The van der Waals surface area contributed by atoms with Gasteiger partial charge in [0.2, 0.25) is 0 Å². The highest BCUT2D eigenvalue weighted by Crippen LogP contribution is 2.20. The van der Waals surface area contributed by atoms with Gasteiger partial charge in [0, 0.05) is 26.2 Å². The van der Waals surface area contributed by atoms with Gasteiger partial charge in [-0.1, -0.05) is 19.1 Å². The van der Waals surface area contributed by atoms with Crippen molar-refractivity contribution in [2.75, 3.05) is 42.3 Å². The number of sulfonamides is 1. The number of benzene rings is 1. The number of aryl methyl sites for hydroxylation is 2. The van der Waals surface area contributed by atoms with Crippen molar-refractivity contribution in [3.63, 3.8) is 0 Å². The molecule has 1 aliphatic rings. The summed E-state index contributed by atoms with van der Waals surface area (Å²) < 4.78 is 27.8. The molecule has 1 aromatic carbocycles. The van der Waals surface area contributed by atoms with Crippen LogP contribution >= 0.6 is 0 Å². The first kappa shape index (κ1) is 18.6. The van der Waals surface area contributed by atoms with E-state index in [2.05, 4.69) is 31.6 Å². The Labute approximate surface area is 155 Å². The van der Waals surface area contributed by atoms with E-state index >= 15 is 0 Å². The van der Waals surface area contributed by atoms with E-state index in [4.69, 9.17) is 0 Å². The number of rotatable bonds is 5. The number of piperazine rings is 1. The lowest BCUT2D eigenvalue weighted by Gasteiger charge is -2.34. The van der Waals surface area contributed by atoms with Crippen LogP contribution in [0, 0.1) is 13.8 Å². The van der Waals surface area contributed by atoms with Crippen molar-refractivity contribution in [3.05, 3.63) is 41.5 Å². The Morgan fingerprint density at radius 2 is 1.77 bits per heavy atom. The summed E-state index contributed by atoms with van der Waals surface area (Å²) in [4.78, 5) is 4.82. The van der Waals surface area contributed by atoms with Gasteiger partial charge >= 0.3 is 0 Å². The highest BCUT2D eigenvalue weighted by atomic mass is 32.2. The van der Waals surface area contributed by atoms with E-state index in [-0.39, 0.29) is 10.7 Å². The van der Waals surface area contributed by atoms with Gasteiger partial charge < -0.3 is 9.80 Å². The van der Waals surface area contributed by atoms with E-state index in [9.17, 15) is 8.42 Å². The van der Waals surface area contributed by atoms with E-state index in [0.717, 1.165) is 44.1 Å². The first-order chi connectivity index (χ1) is 12.4. The van der Waals surface area contributed by atoms with Gasteiger partial charge in [0.25, 0.3) is 10.0 Å². The van der Waals surface area contributed by atoms with Crippen molar-refractivity contribution in [1.82, 2.24) is 15.1 Å². The number of likely N-dealkylation sites (N-methyl/N-ethyl adjacent to an activating group) is 1. The maximum Gasteiger partial charge on any atom is 0.263 e. The van der Waals surface area contributed by atoms with Crippen LogP contribution in [0.3, 0.4) is 0 Å². The Morgan fingerprint density at radius 1 is 1.04 bits per heavy atom. The quantitative estimate of drug-likeness (QED) is 0.862. The van der Waals surface area contributed by atoms with Crippen molar-refractivity contribution in [2.45, 2.75) is 25.7 Å². The fourth-order valence-corrected chi connectivity index (χ4v) is 4.36. The SMILES string of the molecule is CCN1CCN(c2ccc(NS(=O)(=O)c3cc(C)ccc3C)nn2)CC1. The minimum absolute atomic E-state index is 0.224. The molecule has 7 nitrogen and oxygen atoms in total. The number of nitrogens with one attached hydrogen (secondary N) is 1. The van der Waals surface area contributed by atoms with E-state index in [0.29, 0.717) is 5.56 Å². The molecule has 1 N–H and O–H groups in total. The lowest BCUT2D eigenvalue weighted by Crippen LogP contribution is -2.46. The standard InChI is InChI=1S/C18H25N5O2S/c1-4-22-9-11-23(12-10-22)18-8-7-17(19-20-18)21-26(24,25)16-13-14(2)5-6-15(16)3/h5-8,13H,4,9-12H2,1-3H3,(H,19,21). The summed E-state index contributed by atoms with van der Waals surface area (Å²) in [6.45, 7) is 10.7. The molecule has 2 heterocycles. The molecule has 3 rings (SSSR count). The van der Waals surface area contributed by atoms with Crippen LogP contribution in [0.2, 0.25) is 0 Å². The molecule has 1 aliphatic heterocycles. The van der Waals surface area contributed by atoms with Gasteiger partial charge in [-0.15, -0.1) is 10.2 Å². The first-order valence-electron chi connectivity index (χ1n) is 8.80. The molecule has 140 valence electrons. The summed E-state index contributed by atoms with van der Waals surface area (Å²) in [7, 11) is -3.69. The second kappa shape index (κ2) is 7.59. The van der Waals surface area contributed by atoms with Crippen molar-refractivity contribution >= 4 is 21.7 Å². The minimum Gasteiger partial charge on any atom is -0.353 e. The zero-order valence-corrected chi connectivity index (χ0v) is 16.3. The molecule has 26 heavy (non-hydrogen) atoms. The minimum atomic E-state index is -3.69. The number of aromatic nitrogens is 2. The maximum atomic E-state index is 12.6. The Bertz CT molecular complexity index is 860. The van der Waals surface area contributed by atoms with Gasteiger partial charge in [0.1, 0.15) is 0 Å². The Kier molecular flexibility index (Phi) is 5.43. The fraction of sp³-hybridized carbons (Fsp3) is 0.444. The van der Waals surface area contributed by atoms with Crippen LogP contribution in [0.4, 0.5) is 11.6 Å². The monoisotopic (exact) mass is 375 g/mol. The second-order valence-corrected chi connectivity index (χ2v) is 8.22. The summed E-state index contributed by atoms with van der Waals surface area (Å²) in [5, 5.41) is 8.26. The topological polar surface area (TPSA) is 78.4 Å². The highest BCUT2D eigenvalue weighted by molar-refractivity contribution is 7.92. The third kappa shape index (κ3) is 4.13. The summed E-state index contributed by atoms with van der Waals surface area (Å²) in [6.07, 6.45) is 0.